The lowest BCUT2D eigenvalue weighted by atomic mass is 9.88. The Morgan fingerprint density at radius 2 is 1.76 bits per heavy atom. The smallest absolute Gasteiger partial charge is 0.189 e. The summed E-state index contributed by atoms with van der Waals surface area (Å²) in [6.45, 7) is 0.811. The van der Waals surface area contributed by atoms with E-state index in [0.717, 1.165) is 32.2 Å². The van der Waals surface area contributed by atoms with E-state index >= 15 is 0 Å². The highest BCUT2D eigenvalue weighted by Gasteiger charge is 2.60. The molecule has 3 heteroatoms. The molecule has 2 aliphatic heterocycles. The molecule has 0 saturated carbocycles. The van der Waals surface area contributed by atoms with Crippen molar-refractivity contribution in [2.45, 2.75) is 43.9 Å². The maximum atomic E-state index is 10.2. The first kappa shape index (κ1) is 16.5. The zero-order valence-electron chi connectivity index (χ0n) is 14.5. The zero-order chi connectivity index (χ0) is 17.1. The number of hydroxylamine groups is 2. The van der Waals surface area contributed by atoms with Gasteiger partial charge in [0.2, 0.25) is 0 Å². The van der Waals surface area contributed by atoms with Crippen LogP contribution in [-0.4, -0.2) is 28.5 Å². The summed E-state index contributed by atoms with van der Waals surface area (Å²) in [5.74, 6) is 0. The quantitative estimate of drug-likeness (QED) is 0.643. The number of nitrogens with zero attached hydrogens (tertiary/aromatic N) is 1. The van der Waals surface area contributed by atoms with E-state index in [1.165, 1.54) is 16.7 Å². The summed E-state index contributed by atoms with van der Waals surface area (Å²) in [4.78, 5) is 5.98. The molecule has 2 saturated heterocycles. The zero-order valence-corrected chi connectivity index (χ0v) is 14.5. The van der Waals surface area contributed by atoms with Crippen LogP contribution in [-0.2, 0) is 17.7 Å². The molecule has 25 heavy (non-hydrogen) atoms. The van der Waals surface area contributed by atoms with Crippen molar-refractivity contribution < 1.29 is 9.94 Å². The third-order valence-corrected chi connectivity index (χ3v) is 5.22. The molecule has 2 fully saturated rings. The molecule has 0 amide bonds. The van der Waals surface area contributed by atoms with Gasteiger partial charge in [0.05, 0.1) is 6.10 Å². The molecule has 2 aliphatic rings. The van der Waals surface area contributed by atoms with E-state index in [0.29, 0.717) is 6.42 Å². The van der Waals surface area contributed by atoms with Crippen LogP contribution in [0.5, 0.6) is 0 Å². The average molecular weight is 335 g/mol. The van der Waals surface area contributed by atoms with E-state index in [-0.39, 0.29) is 11.8 Å². The minimum atomic E-state index is -0.371. The number of hydrogen-bond acceptors (Lipinski definition) is 3. The van der Waals surface area contributed by atoms with Crippen LogP contribution in [0.4, 0.5) is 0 Å². The molecule has 0 aliphatic carbocycles. The van der Waals surface area contributed by atoms with Crippen molar-refractivity contribution in [3.05, 3.63) is 83.4 Å². The molecule has 0 spiro atoms. The van der Waals surface area contributed by atoms with Crippen molar-refractivity contribution in [3.8, 4) is 0 Å². The molecule has 1 N–H and O–H groups in total. The average Bonchev–Trinajstić information content (AvgIpc) is 3.37. The van der Waals surface area contributed by atoms with Gasteiger partial charge in [0.1, 0.15) is 0 Å². The highest BCUT2D eigenvalue weighted by molar-refractivity contribution is 5.30. The number of aryl methyl sites for hydroxylation is 1. The first-order valence-corrected chi connectivity index (χ1v) is 9.18. The van der Waals surface area contributed by atoms with Crippen molar-refractivity contribution in [1.82, 2.24) is 5.06 Å². The minimum Gasteiger partial charge on any atom is -0.393 e. The van der Waals surface area contributed by atoms with Crippen molar-refractivity contribution >= 4 is 0 Å². The fourth-order valence-electron chi connectivity index (χ4n) is 3.81. The highest BCUT2D eigenvalue weighted by Crippen LogP contribution is 2.49. The van der Waals surface area contributed by atoms with E-state index in [4.69, 9.17) is 4.84 Å². The SMILES string of the molecule is OC1CCN2OC2(/C(=C/CCc2ccccc2)Cc2ccccc2)C1. The van der Waals surface area contributed by atoms with Gasteiger partial charge in [-0.1, -0.05) is 66.7 Å². The topological polar surface area (TPSA) is 35.8 Å². The van der Waals surface area contributed by atoms with Gasteiger partial charge in [-0.2, -0.15) is 0 Å². The van der Waals surface area contributed by atoms with Crippen LogP contribution in [0.3, 0.4) is 0 Å². The van der Waals surface area contributed by atoms with Gasteiger partial charge in [-0.3, -0.25) is 4.84 Å². The summed E-state index contributed by atoms with van der Waals surface area (Å²) in [6, 6.07) is 21.1. The predicted molar refractivity (Wildman–Crippen MR) is 98.8 cm³/mol. The standard InChI is InChI=1S/C22H25NO2/c24-21-14-15-23-22(17-21,25-23)20(16-19-10-5-2-6-11-19)13-7-12-18-8-3-1-4-9-18/h1-6,8-11,13,21,24H,7,12,14-17H2/b20-13+. The van der Waals surface area contributed by atoms with E-state index in [9.17, 15) is 5.11 Å². The van der Waals surface area contributed by atoms with Crippen LogP contribution >= 0.6 is 0 Å². The van der Waals surface area contributed by atoms with Crippen molar-refractivity contribution in [2.24, 2.45) is 0 Å². The molecule has 0 radical (unpaired) electrons. The van der Waals surface area contributed by atoms with Crippen LogP contribution in [0.15, 0.2) is 72.3 Å². The van der Waals surface area contributed by atoms with Crippen LogP contribution in [0.25, 0.3) is 0 Å². The summed E-state index contributed by atoms with van der Waals surface area (Å²) in [5, 5.41) is 12.2. The number of fused-ring (bicyclic) bond motifs is 1. The third kappa shape index (κ3) is 3.69. The first-order chi connectivity index (χ1) is 12.3. The molecule has 3 unspecified atom stereocenters. The molecule has 4 rings (SSSR count). The molecule has 3 atom stereocenters. The Morgan fingerprint density at radius 3 is 2.48 bits per heavy atom. The second kappa shape index (κ2) is 7.12. The molecule has 0 bridgehead atoms. The molecule has 2 heterocycles. The van der Waals surface area contributed by atoms with E-state index in [2.05, 4.69) is 65.7 Å². The second-order valence-corrected chi connectivity index (χ2v) is 7.04. The summed E-state index contributed by atoms with van der Waals surface area (Å²) >= 11 is 0. The lowest BCUT2D eigenvalue weighted by molar-refractivity contribution is 0.105. The molecular formula is C22H25NO2. The lowest BCUT2D eigenvalue weighted by Crippen LogP contribution is -2.35. The van der Waals surface area contributed by atoms with Crippen molar-refractivity contribution in [3.63, 3.8) is 0 Å². The Hall–Kier alpha value is -1.94. The minimum absolute atomic E-state index is 0.271. The number of benzene rings is 2. The van der Waals surface area contributed by atoms with Crippen LogP contribution < -0.4 is 0 Å². The maximum absolute atomic E-state index is 10.2. The number of aliphatic hydroxyl groups excluding tert-OH is 1. The monoisotopic (exact) mass is 335 g/mol. The van der Waals surface area contributed by atoms with Crippen molar-refractivity contribution in [2.75, 3.05) is 6.54 Å². The summed E-state index contributed by atoms with van der Waals surface area (Å²) < 4.78 is 0. The molecular weight excluding hydrogens is 310 g/mol. The van der Waals surface area contributed by atoms with Gasteiger partial charge < -0.3 is 5.11 Å². The summed E-state index contributed by atoms with van der Waals surface area (Å²) in [5.41, 5.74) is 3.56. The largest absolute Gasteiger partial charge is 0.393 e. The van der Waals surface area contributed by atoms with E-state index in [1.807, 2.05) is 6.07 Å². The second-order valence-electron chi connectivity index (χ2n) is 7.04. The first-order valence-electron chi connectivity index (χ1n) is 9.18. The van der Waals surface area contributed by atoms with Gasteiger partial charge in [-0.25, -0.2) is 0 Å². The number of allylic oxidation sites excluding steroid dienone is 1. The predicted octanol–water partition coefficient (Wildman–Crippen LogP) is 3.89. The maximum Gasteiger partial charge on any atom is 0.189 e. The Balaban J connectivity index is 1.52. The fraction of sp³-hybridized carbons (Fsp3) is 0.364. The molecule has 3 nitrogen and oxygen atoms in total. The van der Waals surface area contributed by atoms with Crippen molar-refractivity contribution in [1.29, 1.82) is 0 Å². The van der Waals surface area contributed by atoms with Gasteiger partial charge in [0.25, 0.3) is 0 Å². The molecule has 0 aromatic heterocycles. The normalized spacial score (nSPS) is 28.4. The number of rotatable bonds is 6. The Kier molecular flexibility index (Phi) is 4.71. The van der Waals surface area contributed by atoms with E-state index in [1.54, 1.807) is 0 Å². The number of aliphatic hydroxyl groups is 1. The lowest BCUT2D eigenvalue weighted by Gasteiger charge is -2.24. The van der Waals surface area contributed by atoms with Crippen LogP contribution in [0.1, 0.15) is 30.4 Å². The Labute approximate surface area is 149 Å². The Bertz CT molecular complexity index is 728. The van der Waals surface area contributed by atoms with Crippen LogP contribution in [0, 0.1) is 0 Å². The molecule has 2 aromatic carbocycles. The molecule has 130 valence electrons. The third-order valence-electron chi connectivity index (χ3n) is 5.22. The van der Waals surface area contributed by atoms with Gasteiger partial charge in [-0.15, -0.1) is 5.06 Å². The van der Waals surface area contributed by atoms with Gasteiger partial charge >= 0.3 is 0 Å². The van der Waals surface area contributed by atoms with Gasteiger partial charge in [0, 0.05) is 13.0 Å². The van der Waals surface area contributed by atoms with Crippen LogP contribution in [0.2, 0.25) is 0 Å². The highest BCUT2D eigenvalue weighted by atomic mass is 16.9. The number of piperidine rings is 1. The number of hydrogen-bond donors (Lipinski definition) is 1. The Morgan fingerprint density at radius 1 is 1.08 bits per heavy atom. The van der Waals surface area contributed by atoms with E-state index < -0.39 is 0 Å². The van der Waals surface area contributed by atoms with Gasteiger partial charge in [-0.05, 0) is 42.4 Å². The van der Waals surface area contributed by atoms with Gasteiger partial charge in [0.15, 0.2) is 5.72 Å². The molecule has 2 aromatic rings. The summed E-state index contributed by atoms with van der Waals surface area (Å²) in [6.07, 6.45) is 6.42. The fourth-order valence-corrected chi connectivity index (χ4v) is 3.81. The summed E-state index contributed by atoms with van der Waals surface area (Å²) in [7, 11) is 0.